The molecule has 0 unspecified atom stereocenters. The van der Waals surface area contributed by atoms with Gasteiger partial charge in [-0.25, -0.2) is 8.42 Å². The summed E-state index contributed by atoms with van der Waals surface area (Å²) in [5, 5.41) is 10.2. The molecule has 0 saturated carbocycles. The number of benzene rings is 1. The van der Waals surface area contributed by atoms with Crippen molar-refractivity contribution in [3.05, 3.63) is 34.4 Å². The molecule has 1 aromatic rings. The highest BCUT2D eigenvalue weighted by molar-refractivity contribution is 7.85. The van der Waals surface area contributed by atoms with Gasteiger partial charge in [-0.15, -0.1) is 0 Å². The molecule has 0 bridgehead atoms. The number of unbranched alkanes of at least 4 members (excludes halogenated alkanes) is 9. The Morgan fingerprint density at radius 1 is 0.897 bits per heavy atom. The van der Waals surface area contributed by atoms with E-state index < -0.39 is 25.6 Å². The normalized spacial score (nSPS) is 11.6. The average Bonchev–Trinajstić information content (AvgIpc) is 2.62. The van der Waals surface area contributed by atoms with Crippen LogP contribution in [0.2, 0.25) is 0 Å². The SMILES string of the molecule is CCCCCCCCCCCC[N+](C)(C)C.O=[N+]([O-])c1cccc(S(=O)(=O)[O-])c1. The first-order chi connectivity index (χ1) is 13.5. The molecule has 0 fully saturated rings. The summed E-state index contributed by atoms with van der Waals surface area (Å²) in [5.74, 6) is 0. The zero-order valence-corrected chi connectivity index (χ0v) is 19.2. The highest BCUT2D eigenvalue weighted by Crippen LogP contribution is 2.16. The van der Waals surface area contributed by atoms with Gasteiger partial charge in [-0.2, -0.15) is 0 Å². The molecule has 1 aromatic carbocycles. The molecule has 0 aliphatic heterocycles. The molecule has 0 heterocycles. The van der Waals surface area contributed by atoms with Crippen LogP contribution in [0.1, 0.15) is 71.1 Å². The third kappa shape index (κ3) is 16.0. The van der Waals surface area contributed by atoms with Crippen LogP contribution >= 0.6 is 0 Å². The van der Waals surface area contributed by atoms with Crippen molar-refractivity contribution in [3.8, 4) is 0 Å². The summed E-state index contributed by atoms with van der Waals surface area (Å²) in [6, 6.07) is 3.98. The summed E-state index contributed by atoms with van der Waals surface area (Å²) >= 11 is 0. The second kappa shape index (κ2) is 14.5. The van der Waals surface area contributed by atoms with Crippen molar-refractivity contribution in [1.29, 1.82) is 0 Å². The van der Waals surface area contributed by atoms with Crippen LogP contribution in [-0.2, 0) is 10.1 Å². The topological polar surface area (TPSA) is 100 Å². The number of hydrogen-bond acceptors (Lipinski definition) is 5. The van der Waals surface area contributed by atoms with Crippen LogP contribution in [-0.4, -0.2) is 50.1 Å². The number of nitro benzene ring substituents is 1. The molecule has 0 saturated heterocycles. The minimum Gasteiger partial charge on any atom is -0.744 e. The minimum absolute atomic E-state index is 0.420. The van der Waals surface area contributed by atoms with Gasteiger partial charge in [0, 0.05) is 12.1 Å². The summed E-state index contributed by atoms with van der Waals surface area (Å²) in [5.41, 5.74) is -0.420. The molecule has 0 aliphatic rings. The molecule has 8 heteroatoms. The van der Waals surface area contributed by atoms with Crippen LogP contribution in [0.25, 0.3) is 0 Å². The van der Waals surface area contributed by atoms with Crippen LogP contribution < -0.4 is 0 Å². The lowest BCUT2D eigenvalue weighted by atomic mass is 10.1. The van der Waals surface area contributed by atoms with Gasteiger partial charge in [0.05, 0.1) is 37.5 Å². The van der Waals surface area contributed by atoms with E-state index in [9.17, 15) is 23.1 Å². The molecule has 168 valence electrons. The summed E-state index contributed by atoms with van der Waals surface area (Å²) < 4.78 is 32.4. The Labute approximate surface area is 176 Å². The van der Waals surface area contributed by atoms with Gasteiger partial charge in [0.25, 0.3) is 5.69 Å². The predicted octanol–water partition coefficient (Wildman–Crippen LogP) is 5.11. The number of non-ortho nitro benzene ring substituents is 1. The van der Waals surface area contributed by atoms with E-state index in [0.717, 1.165) is 28.7 Å². The number of rotatable bonds is 13. The number of quaternary nitrogens is 1. The van der Waals surface area contributed by atoms with Gasteiger partial charge in [-0.3, -0.25) is 10.1 Å². The maximum Gasteiger partial charge on any atom is 0.270 e. The molecule has 0 atom stereocenters. The van der Waals surface area contributed by atoms with Crippen LogP contribution in [0, 0.1) is 10.1 Å². The summed E-state index contributed by atoms with van der Waals surface area (Å²) in [7, 11) is 2.24. The fourth-order valence-corrected chi connectivity index (χ4v) is 3.34. The fraction of sp³-hybridized carbons (Fsp3) is 0.714. The van der Waals surface area contributed by atoms with Crippen molar-refractivity contribution in [2.75, 3.05) is 27.7 Å². The zero-order valence-electron chi connectivity index (χ0n) is 18.4. The van der Waals surface area contributed by atoms with Crippen molar-refractivity contribution >= 4 is 15.8 Å². The molecule has 0 aromatic heterocycles. The van der Waals surface area contributed by atoms with Crippen LogP contribution in [0.4, 0.5) is 5.69 Å². The first kappa shape index (κ1) is 27.5. The van der Waals surface area contributed by atoms with Gasteiger partial charge in [-0.1, -0.05) is 64.4 Å². The molecule has 0 aliphatic carbocycles. The van der Waals surface area contributed by atoms with Crippen molar-refractivity contribution in [3.63, 3.8) is 0 Å². The van der Waals surface area contributed by atoms with Crippen molar-refractivity contribution < 1.29 is 22.4 Å². The quantitative estimate of drug-likeness (QED) is 0.142. The molecular weight excluding hydrogens is 392 g/mol. The van der Waals surface area contributed by atoms with Crippen molar-refractivity contribution in [1.82, 2.24) is 0 Å². The average molecular weight is 431 g/mol. The van der Waals surface area contributed by atoms with Gasteiger partial charge < -0.3 is 9.04 Å². The largest absolute Gasteiger partial charge is 0.744 e. The third-order valence-electron chi connectivity index (χ3n) is 4.50. The molecule has 0 amide bonds. The van der Waals surface area contributed by atoms with Gasteiger partial charge >= 0.3 is 0 Å². The monoisotopic (exact) mass is 430 g/mol. The van der Waals surface area contributed by atoms with E-state index in [2.05, 4.69) is 28.1 Å². The first-order valence-electron chi connectivity index (χ1n) is 10.5. The molecule has 0 spiro atoms. The molecule has 0 N–H and O–H groups in total. The molecule has 0 radical (unpaired) electrons. The number of nitrogens with zero attached hydrogens (tertiary/aromatic N) is 2. The van der Waals surface area contributed by atoms with Gasteiger partial charge in [0.1, 0.15) is 10.1 Å². The standard InChI is InChI=1S/C15H34N.C6H5NO5S/c1-5-6-7-8-9-10-11-12-13-14-15-16(2,3)4;8-7(9)5-2-1-3-6(4-5)13(10,11)12/h5-15H2,1-4H3;1-4H,(H,10,11,12)/q+1;/p-1. The van der Waals surface area contributed by atoms with Crippen LogP contribution in [0.3, 0.4) is 0 Å². The van der Waals surface area contributed by atoms with E-state index in [4.69, 9.17) is 0 Å². The van der Waals surface area contributed by atoms with E-state index in [1.807, 2.05) is 0 Å². The second-order valence-electron chi connectivity index (χ2n) is 8.40. The Morgan fingerprint density at radius 3 is 1.79 bits per heavy atom. The summed E-state index contributed by atoms with van der Waals surface area (Å²) in [6.45, 7) is 3.62. The number of nitro groups is 1. The lowest BCUT2D eigenvalue weighted by Crippen LogP contribution is -2.35. The lowest BCUT2D eigenvalue weighted by molar-refractivity contribution is -0.870. The third-order valence-corrected chi connectivity index (χ3v) is 5.33. The van der Waals surface area contributed by atoms with Gasteiger partial charge in [-0.05, 0) is 18.9 Å². The van der Waals surface area contributed by atoms with E-state index in [1.54, 1.807) is 0 Å². The molecule has 1 rings (SSSR count). The fourth-order valence-electron chi connectivity index (χ4n) is 2.83. The van der Waals surface area contributed by atoms with Gasteiger partial charge in [0.15, 0.2) is 0 Å². The first-order valence-corrected chi connectivity index (χ1v) is 11.9. The highest BCUT2D eigenvalue weighted by Gasteiger charge is 2.08. The van der Waals surface area contributed by atoms with E-state index in [0.29, 0.717) is 0 Å². The Balaban J connectivity index is 0.000000551. The van der Waals surface area contributed by atoms with Crippen molar-refractivity contribution in [2.45, 2.75) is 76.0 Å². The van der Waals surface area contributed by atoms with E-state index in [1.165, 1.54) is 70.8 Å². The Kier molecular flexibility index (Phi) is 13.7. The second-order valence-corrected chi connectivity index (χ2v) is 9.78. The summed E-state index contributed by atoms with van der Waals surface area (Å²) in [6.07, 6.45) is 14.4. The van der Waals surface area contributed by atoms with Crippen molar-refractivity contribution in [2.24, 2.45) is 0 Å². The Bertz CT molecular complexity index is 685. The maximum atomic E-state index is 10.4. The molecule has 29 heavy (non-hydrogen) atoms. The summed E-state index contributed by atoms with van der Waals surface area (Å²) in [4.78, 5) is 8.82. The van der Waals surface area contributed by atoms with E-state index >= 15 is 0 Å². The molecule has 7 nitrogen and oxygen atoms in total. The van der Waals surface area contributed by atoms with Crippen LogP contribution in [0.5, 0.6) is 0 Å². The lowest BCUT2D eigenvalue weighted by Gasteiger charge is -2.23. The molecular formula is C21H38N2O5S. The zero-order chi connectivity index (χ0) is 22.3. The highest BCUT2D eigenvalue weighted by atomic mass is 32.2. The minimum atomic E-state index is -4.61. The number of hydrogen-bond donors (Lipinski definition) is 0. The maximum absolute atomic E-state index is 10.4. The van der Waals surface area contributed by atoms with E-state index in [-0.39, 0.29) is 0 Å². The smallest absolute Gasteiger partial charge is 0.270 e. The predicted molar refractivity (Wildman–Crippen MR) is 116 cm³/mol. The van der Waals surface area contributed by atoms with Gasteiger partial charge in [0.2, 0.25) is 0 Å². The van der Waals surface area contributed by atoms with Crippen LogP contribution in [0.15, 0.2) is 29.2 Å². The Hall–Kier alpha value is -1.51. The Morgan fingerprint density at radius 2 is 1.38 bits per heavy atom.